The third kappa shape index (κ3) is 3.20. The summed E-state index contributed by atoms with van der Waals surface area (Å²) in [5.74, 6) is -0.395. The first-order valence-electron chi connectivity index (χ1n) is 5.46. The largest absolute Gasteiger partial charge is 0.347 e. The van der Waals surface area contributed by atoms with Crippen LogP contribution in [-0.2, 0) is 9.59 Å². The molecule has 0 spiro atoms. The monoisotopic (exact) mass is 213 g/mol. The number of amides is 2. The molecule has 1 aliphatic rings. The summed E-state index contributed by atoms with van der Waals surface area (Å²) >= 11 is 0. The van der Waals surface area contributed by atoms with Gasteiger partial charge in [0.05, 0.1) is 0 Å². The van der Waals surface area contributed by atoms with Crippen LogP contribution in [0.2, 0.25) is 0 Å². The summed E-state index contributed by atoms with van der Waals surface area (Å²) in [7, 11) is 0. The van der Waals surface area contributed by atoms with E-state index in [1.54, 1.807) is 4.90 Å². The standard InChI is InChI=1S/C10H19N3O2/c1-2-8-3-6-13(7-8)10(15)9(14)12-5-4-11/h8H,2-7,11H2,1H3,(H,12,14). The van der Waals surface area contributed by atoms with E-state index in [9.17, 15) is 9.59 Å². The highest BCUT2D eigenvalue weighted by Gasteiger charge is 2.28. The average molecular weight is 213 g/mol. The fourth-order valence-electron chi connectivity index (χ4n) is 1.76. The molecule has 1 atom stereocenters. The Kier molecular flexibility index (Phi) is 4.55. The summed E-state index contributed by atoms with van der Waals surface area (Å²) in [6.45, 7) is 4.23. The summed E-state index contributed by atoms with van der Waals surface area (Å²) < 4.78 is 0. The molecule has 2 amide bonds. The average Bonchev–Trinajstić information content (AvgIpc) is 2.73. The number of hydrogen-bond donors (Lipinski definition) is 2. The molecule has 1 unspecified atom stereocenters. The lowest BCUT2D eigenvalue weighted by atomic mass is 10.1. The van der Waals surface area contributed by atoms with E-state index >= 15 is 0 Å². The Bertz CT molecular complexity index is 243. The predicted molar refractivity (Wildman–Crippen MR) is 57.0 cm³/mol. The Labute approximate surface area is 90.0 Å². The van der Waals surface area contributed by atoms with Crippen LogP contribution in [0.25, 0.3) is 0 Å². The molecule has 5 heteroatoms. The van der Waals surface area contributed by atoms with E-state index in [-0.39, 0.29) is 0 Å². The summed E-state index contributed by atoms with van der Waals surface area (Å²) in [5.41, 5.74) is 5.23. The first-order chi connectivity index (χ1) is 7.19. The molecule has 0 aromatic carbocycles. The van der Waals surface area contributed by atoms with Crippen LogP contribution in [-0.4, -0.2) is 42.9 Å². The summed E-state index contributed by atoms with van der Waals surface area (Å²) in [5, 5.41) is 2.49. The van der Waals surface area contributed by atoms with Crippen molar-refractivity contribution in [2.45, 2.75) is 19.8 Å². The van der Waals surface area contributed by atoms with Gasteiger partial charge in [0, 0.05) is 26.2 Å². The number of carbonyl (C=O) groups is 2. The Hall–Kier alpha value is -1.10. The molecule has 5 nitrogen and oxygen atoms in total. The van der Waals surface area contributed by atoms with Gasteiger partial charge in [-0.3, -0.25) is 9.59 Å². The second-order valence-corrected chi connectivity index (χ2v) is 3.86. The van der Waals surface area contributed by atoms with Crippen LogP contribution in [0.3, 0.4) is 0 Å². The van der Waals surface area contributed by atoms with Crippen LogP contribution in [0.1, 0.15) is 19.8 Å². The van der Waals surface area contributed by atoms with Gasteiger partial charge < -0.3 is 16.0 Å². The smallest absolute Gasteiger partial charge is 0.311 e. The van der Waals surface area contributed by atoms with Crippen molar-refractivity contribution in [1.29, 1.82) is 0 Å². The van der Waals surface area contributed by atoms with E-state index in [1.165, 1.54) is 0 Å². The van der Waals surface area contributed by atoms with Gasteiger partial charge in [-0.25, -0.2) is 0 Å². The van der Waals surface area contributed by atoms with Crippen molar-refractivity contribution >= 4 is 11.8 Å². The molecule has 1 fully saturated rings. The number of nitrogens with one attached hydrogen (secondary N) is 1. The van der Waals surface area contributed by atoms with Crippen molar-refractivity contribution < 1.29 is 9.59 Å². The maximum absolute atomic E-state index is 11.6. The molecule has 0 aromatic heterocycles. The van der Waals surface area contributed by atoms with Gasteiger partial charge >= 0.3 is 11.8 Å². The highest BCUT2D eigenvalue weighted by atomic mass is 16.2. The van der Waals surface area contributed by atoms with Crippen molar-refractivity contribution in [3.63, 3.8) is 0 Å². The minimum absolute atomic E-state index is 0.357. The number of nitrogens with zero attached hydrogens (tertiary/aromatic N) is 1. The molecule has 3 N–H and O–H groups in total. The van der Waals surface area contributed by atoms with Crippen LogP contribution in [0.15, 0.2) is 0 Å². The quantitative estimate of drug-likeness (QED) is 0.610. The zero-order valence-corrected chi connectivity index (χ0v) is 9.16. The van der Waals surface area contributed by atoms with Crippen LogP contribution >= 0.6 is 0 Å². The summed E-state index contributed by atoms with van der Waals surface area (Å²) in [6.07, 6.45) is 2.07. The highest BCUT2D eigenvalue weighted by molar-refractivity contribution is 6.35. The van der Waals surface area contributed by atoms with Crippen molar-refractivity contribution in [2.24, 2.45) is 11.7 Å². The number of carbonyl (C=O) groups excluding carboxylic acids is 2. The van der Waals surface area contributed by atoms with Gasteiger partial charge in [0.25, 0.3) is 0 Å². The molecule has 1 heterocycles. The SMILES string of the molecule is CCC1CCN(C(=O)C(=O)NCCN)C1. The molecule has 15 heavy (non-hydrogen) atoms. The molecule has 0 aromatic rings. The topological polar surface area (TPSA) is 75.4 Å². The van der Waals surface area contributed by atoms with Gasteiger partial charge in [0.15, 0.2) is 0 Å². The molecule has 1 saturated heterocycles. The normalized spacial score (nSPS) is 20.4. The maximum atomic E-state index is 11.6. The van der Waals surface area contributed by atoms with Crippen molar-refractivity contribution in [3.05, 3.63) is 0 Å². The van der Waals surface area contributed by atoms with E-state index in [0.29, 0.717) is 32.1 Å². The second kappa shape index (κ2) is 5.70. The first-order valence-corrected chi connectivity index (χ1v) is 5.46. The third-order valence-electron chi connectivity index (χ3n) is 2.77. The molecule has 0 radical (unpaired) electrons. The van der Waals surface area contributed by atoms with Crippen molar-refractivity contribution in [3.8, 4) is 0 Å². The number of nitrogens with two attached hydrogens (primary N) is 1. The van der Waals surface area contributed by atoms with Gasteiger partial charge in [-0.1, -0.05) is 13.3 Å². The molecule has 0 saturated carbocycles. The first kappa shape index (κ1) is 12.0. The lowest BCUT2D eigenvalue weighted by Gasteiger charge is -2.15. The summed E-state index contributed by atoms with van der Waals surface area (Å²) in [4.78, 5) is 24.5. The van der Waals surface area contributed by atoms with Crippen molar-refractivity contribution in [1.82, 2.24) is 10.2 Å². The molecule has 1 rings (SSSR count). The molecule has 0 bridgehead atoms. The Morgan fingerprint density at radius 2 is 2.27 bits per heavy atom. The van der Waals surface area contributed by atoms with E-state index in [2.05, 4.69) is 12.2 Å². The predicted octanol–water partition coefficient (Wildman–Crippen LogP) is -0.680. The molecule has 1 aliphatic heterocycles. The van der Waals surface area contributed by atoms with Gasteiger partial charge in [0.1, 0.15) is 0 Å². The zero-order chi connectivity index (χ0) is 11.3. The van der Waals surface area contributed by atoms with Crippen molar-refractivity contribution in [2.75, 3.05) is 26.2 Å². The van der Waals surface area contributed by atoms with E-state index in [0.717, 1.165) is 12.8 Å². The molecule has 86 valence electrons. The zero-order valence-electron chi connectivity index (χ0n) is 9.16. The van der Waals surface area contributed by atoms with Crippen LogP contribution in [0, 0.1) is 5.92 Å². The molecular formula is C10H19N3O2. The molecule has 0 aliphatic carbocycles. The minimum atomic E-state index is -0.530. The van der Waals surface area contributed by atoms with Gasteiger partial charge in [0.2, 0.25) is 0 Å². The summed E-state index contributed by atoms with van der Waals surface area (Å²) in [6, 6.07) is 0. The van der Waals surface area contributed by atoms with Gasteiger partial charge in [-0.15, -0.1) is 0 Å². The van der Waals surface area contributed by atoms with E-state index in [4.69, 9.17) is 5.73 Å². The Morgan fingerprint density at radius 3 is 2.80 bits per heavy atom. The number of hydrogen-bond acceptors (Lipinski definition) is 3. The number of rotatable bonds is 3. The van der Waals surface area contributed by atoms with Crippen LogP contribution < -0.4 is 11.1 Å². The Morgan fingerprint density at radius 1 is 1.53 bits per heavy atom. The van der Waals surface area contributed by atoms with Gasteiger partial charge in [-0.05, 0) is 12.3 Å². The Balaban J connectivity index is 2.37. The van der Waals surface area contributed by atoms with Gasteiger partial charge in [-0.2, -0.15) is 0 Å². The number of likely N-dealkylation sites (tertiary alicyclic amines) is 1. The molecular weight excluding hydrogens is 194 g/mol. The third-order valence-corrected chi connectivity index (χ3v) is 2.77. The van der Waals surface area contributed by atoms with Crippen LogP contribution in [0.4, 0.5) is 0 Å². The van der Waals surface area contributed by atoms with Crippen LogP contribution in [0.5, 0.6) is 0 Å². The van der Waals surface area contributed by atoms with E-state index < -0.39 is 11.8 Å². The minimum Gasteiger partial charge on any atom is -0.347 e. The van der Waals surface area contributed by atoms with E-state index in [1.807, 2.05) is 0 Å². The lowest BCUT2D eigenvalue weighted by molar-refractivity contribution is -0.145. The maximum Gasteiger partial charge on any atom is 0.311 e. The lowest BCUT2D eigenvalue weighted by Crippen LogP contribution is -2.43. The fraction of sp³-hybridized carbons (Fsp3) is 0.800. The fourth-order valence-corrected chi connectivity index (χ4v) is 1.76. The highest BCUT2D eigenvalue weighted by Crippen LogP contribution is 2.18. The second-order valence-electron chi connectivity index (χ2n) is 3.86.